The summed E-state index contributed by atoms with van der Waals surface area (Å²) in [6.45, 7) is 5.52. The Hall–Kier alpha value is -1.80. The molecule has 0 amide bonds. The molecule has 0 bridgehead atoms. The first-order valence-electron chi connectivity index (χ1n) is 7.15. The van der Waals surface area contributed by atoms with Crippen LogP contribution in [0.5, 0.6) is 5.75 Å². The molecule has 20 heavy (non-hydrogen) atoms. The van der Waals surface area contributed by atoms with Gasteiger partial charge in [-0.05, 0) is 50.4 Å². The fourth-order valence-electron chi connectivity index (χ4n) is 2.21. The van der Waals surface area contributed by atoms with Gasteiger partial charge in [-0.2, -0.15) is 0 Å². The molecule has 2 aromatic carbocycles. The first-order valence-corrected chi connectivity index (χ1v) is 7.15. The monoisotopic (exact) mass is 269 g/mol. The summed E-state index contributed by atoms with van der Waals surface area (Å²) < 4.78 is 5.78. The zero-order valence-corrected chi connectivity index (χ0v) is 12.3. The average molecular weight is 269 g/mol. The van der Waals surface area contributed by atoms with Gasteiger partial charge in [0.15, 0.2) is 0 Å². The second-order valence-electron chi connectivity index (χ2n) is 5.29. The highest BCUT2D eigenvalue weighted by molar-refractivity contribution is 5.27. The van der Waals surface area contributed by atoms with E-state index in [9.17, 15) is 0 Å². The lowest BCUT2D eigenvalue weighted by molar-refractivity contribution is 0.298. The van der Waals surface area contributed by atoms with Crippen LogP contribution in [0.4, 0.5) is 0 Å². The van der Waals surface area contributed by atoms with Crippen LogP contribution < -0.4 is 10.5 Å². The van der Waals surface area contributed by atoms with E-state index in [1.54, 1.807) is 0 Å². The molecule has 106 valence electrons. The Bertz CT molecular complexity index is 516. The smallest absolute Gasteiger partial charge is 0.119 e. The molecule has 0 radical (unpaired) electrons. The molecule has 0 aliphatic carbocycles. The van der Waals surface area contributed by atoms with Gasteiger partial charge in [-0.3, -0.25) is 0 Å². The van der Waals surface area contributed by atoms with Crippen LogP contribution in [-0.4, -0.2) is 13.2 Å². The van der Waals surface area contributed by atoms with E-state index < -0.39 is 0 Å². The second kappa shape index (κ2) is 7.11. The van der Waals surface area contributed by atoms with Crippen molar-refractivity contribution in [1.29, 1.82) is 0 Å². The van der Waals surface area contributed by atoms with Gasteiger partial charge in [-0.25, -0.2) is 0 Å². The summed E-state index contributed by atoms with van der Waals surface area (Å²) in [6, 6.07) is 16.8. The van der Waals surface area contributed by atoms with Crippen molar-refractivity contribution in [2.24, 2.45) is 5.73 Å². The third kappa shape index (κ3) is 4.10. The van der Waals surface area contributed by atoms with Crippen LogP contribution in [-0.2, 0) is 0 Å². The van der Waals surface area contributed by atoms with E-state index in [-0.39, 0.29) is 0 Å². The Kier molecular flexibility index (Phi) is 5.19. The molecule has 0 fully saturated rings. The maximum atomic E-state index is 5.89. The summed E-state index contributed by atoms with van der Waals surface area (Å²) in [6.07, 6.45) is 0.938. The average Bonchev–Trinajstić information content (AvgIpc) is 2.47. The highest BCUT2D eigenvalue weighted by atomic mass is 16.5. The first-order chi connectivity index (χ1) is 9.69. The van der Waals surface area contributed by atoms with Crippen LogP contribution in [0.1, 0.15) is 29.0 Å². The van der Waals surface area contributed by atoms with E-state index in [4.69, 9.17) is 10.5 Å². The van der Waals surface area contributed by atoms with Gasteiger partial charge in [0.1, 0.15) is 5.75 Å². The molecular formula is C18H23NO. The van der Waals surface area contributed by atoms with Crippen molar-refractivity contribution < 1.29 is 4.74 Å². The van der Waals surface area contributed by atoms with Crippen LogP contribution in [0.3, 0.4) is 0 Å². The van der Waals surface area contributed by atoms with E-state index >= 15 is 0 Å². The van der Waals surface area contributed by atoms with Crippen molar-refractivity contribution in [3.63, 3.8) is 0 Å². The number of hydrogen-bond donors (Lipinski definition) is 1. The quantitative estimate of drug-likeness (QED) is 0.865. The summed E-state index contributed by atoms with van der Waals surface area (Å²) in [5.74, 6) is 1.29. The second-order valence-corrected chi connectivity index (χ2v) is 5.29. The van der Waals surface area contributed by atoms with Crippen LogP contribution in [0.25, 0.3) is 0 Å². The van der Waals surface area contributed by atoms with E-state index in [1.807, 2.05) is 12.1 Å². The molecule has 0 aliphatic rings. The summed E-state index contributed by atoms with van der Waals surface area (Å²) in [5, 5.41) is 0. The zero-order chi connectivity index (χ0) is 14.4. The fourth-order valence-corrected chi connectivity index (χ4v) is 2.21. The minimum atomic E-state index is 0.362. The third-order valence-electron chi connectivity index (χ3n) is 3.59. The standard InChI is InChI=1S/C18H23NO/c1-14-3-7-16(8-4-14)17(13-19)11-12-20-18-9-5-15(2)6-10-18/h3-10,17H,11-13,19H2,1-2H3. The molecule has 2 rings (SSSR count). The van der Waals surface area contributed by atoms with Gasteiger partial charge in [0, 0.05) is 0 Å². The van der Waals surface area contributed by atoms with Crippen LogP contribution in [0.2, 0.25) is 0 Å². The normalized spacial score (nSPS) is 12.2. The van der Waals surface area contributed by atoms with E-state index in [0.717, 1.165) is 12.2 Å². The number of rotatable bonds is 6. The van der Waals surface area contributed by atoms with E-state index in [2.05, 4.69) is 50.2 Å². The fraction of sp³-hybridized carbons (Fsp3) is 0.333. The summed E-state index contributed by atoms with van der Waals surface area (Å²) >= 11 is 0. The van der Waals surface area contributed by atoms with Gasteiger partial charge >= 0.3 is 0 Å². The predicted molar refractivity (Wildman–Crippen MR) is 84.3 cm³/mol. The van der Waals surface area contributed by atoms with Crippen molar-refractivity contribution in [2.45, 2.75) is 26.2 Å². The number of hydrogen-bond acceptors (Lipinski definition) is 2. The molecule has 0 aliphatic heterocycles. The van der Waals surface area contributed by atoms with Gasteiger partial charge in [-0.1, -0.05) is 47.5 Å². The maximum absolute atomic E-state index is 5.89. The Morgan fingerprint density at radius 1 is 0.900 bits per heavy atom. The van der Waals surface area contributed by atoms with Crippen molar-refractivity contribution in [1.82, 2.24) is 0 Å². The van der Waals surface area contributed by atoms with Crippen molar-refractivity contribution in [2.75, 3.05) is 13.2 Å². The molecule has 2 aromatic rings. The minimum Gasteiger partial charge on any atom is -0.494 e. The molecule has 2 heteroatoms. The molecule has 2 N–H and O–H groups in total. The Labute approximate surface area is 121 Å². The topological polar surface area (TPSA) is 35.2 Å². The van der Waals surface area contributed by atoms with Crippen LogP contribution in [0.15, 0.2) is 48.5 Å². The number of aryl methyl sites for hydroxylation is 2. The largest absolute Gasteiger partial charge is 0.494 e. The Balaban J connectivity index is 1.87. The molecule has 0 aromatic heterocycles. The number of nitrogens with two attached hydrogens (primary N) is 1. The number of benzene rings is 2. The van der Waals surface area contributed by atoms with Crippen molar-refractivity contribution >= 4 is 0 Å². The lowest BCUT2D eigenvalue weighted by Gasteiger charge is -2.16. The summed E-state index contributed by atoms with van der Waals surface area (Å²) in [5.41, 5.74) is 9.71. The highest BCUT2D eigenvalue weighted by Gasteiger charge is 2.09. The molecule has 0 heterocycles. The van der Waals surface area contributed by atoms with Gasteiger partial charge < -0.3 is 10.5 Å². The zero-order valence-electron chi connectivity index (χ0n) is 12.3. The van der Waals surface area contributed by atoms with Crippen LogP contribution in [0, 0.1) is 13.8 Å². The lowest BCUT2D eigenvalue weighted by Crippen LogP contribution is -2.15. The van der Waals surface area contributed by atoms with Crippen molar-refractivity contribution in [3.8, 4) is 5.75 Å². The molecule has 0 saturated carbocycles. The van der Waals surface area contributed by atoms with Crippen molar-refractivity contribution in [3.05, 3.63) is 65.2 Å². The molecule has 0 spiro atoms. The van der Waals surface area contributed by atoms with Gasteiger partial charge in [0.05, 0.1) is 6.61 Å². The Morgan fingerprint density at radius 3 is 2.00 bits per heavy atom. The van der Waals surface area contributed by atoms with E-state index in [1.165, 1.54) is 16.7 Å². The first kappa shape index (κ1) is 14.6. The van der Waals surface area contributed by atoms with Gasteiger partial charge in [-0.15, -0.1) is 0 Å². The third-order valence-corrected chi connectivity index (χ3v) is 3.59. The maximum Gasteiger partial charge on any atom is 0.119 e. The molecule has 2 nitrogen and oxygen atoms in total. The van der Waals surface area contributed by atoms with Gasteiger partial charge in [0.2, 0.25) is 0 Å². The molecule has 1 unspecified atom stereocenters. The molecule has 0 saturated heterocycles. The summed E-state index contributed by atoms with van der Waals surface area (Å²) in [7, 11) is 0. The van der Waals surface area contributed by atoms with Gasteiger partial charge in [0.25, 0.3) is 0 Å². The summed E-state index contributed by atoms with van der Waals surface area (Å²) in [4.78, 5) is 0. The van der Waals surface area contributed by atoms with Crippen LogP contribution >= 0.6 is 0 Å². The lowest BCUT2D eigenvalue weighted by atomic mass is 9.95. The predicted octanol–water partition coefficient (Wildman–Crippen LogP) is 3.81. The molecule has 1 atom stereocenters. The molecular weight excluding hydrogens is 246 g/mol. The highest BCUT2D eigenvalue weighted by Crippen LogP contribution is 2.20. The Morgan fingerprint density at radius 2 is 1.45 bits per heavy atom. The SMILES string of the molecule is Cc1ccc(OCCC(CN)c2ccc(C)cc2)cc1. The minimum absolute atomic E-state index is 0.362. The number of ether oxygens (including phenoxy) is 1. The van der Waals surface area contributed by atoms with E-state index in [0.29, 0.717) is 19.1 Å².